The Bertz CT molecular complexity index is 956. The van der Waals surface area contributed by atoms with Gasteiger partial charge in [0.2, 0.25) is 0 Å². The number of carbonyl (C=O) groups is 1. The smallest absolute Gasteiger partial charge is 0.329 e. The third kappa shape index (κ3) is 2.63. The summed E-state index contributed by atoms with van der Waals surface area (Å²) in [4.78, 5) is 16.5. The highest BCUT2D eigenvalue weighted by Gasteiger charge is 2.54. The van der Waals surface area contributed by atoms with E-state index in [4.69, 9.17) is 4.74 Å². The summed E-state index contributed by atoms with van der Waals surface area (Å²) < 4.78 is 29.8. The fourth-order valence-corrected chi connectivity index (χ4v) is 5.78. The molecule has 0 N–H and O–H groups in total. The van der Waals surface area contributed by atoms with E-state index in [2.05, 4.69) is 0 Å². The van der Waals surface area contributed by atoms with Gasteiger partial charge in [-0.25, -0.2) is 13.2 Å². The van der Waals surface area contributed by atoms with Gasteiger partial charge in [0.05, 0.1) is 30.7 Å². The molecule has 136 valence electrons. The quantitative estimate of drug-likeness (QED) is 0.777. The predicted molar refractivity (Wildman–Crippen MR) is 101 cm³/mol. The molecule has 2 aromatic carbocycles. The highest BCUT2D eigenvalue weighted by atomic mass is 32.2. The molecule has 0 bridgehead atoms. The van der Waals surface area contributed by atoms with Crippen molar-refractivity contribution in [3.05, 3.63) is 54.1 Å². The van der Waals surface area contributed by atoms with Crippen molar-refractivity contribution in [3.8, 4) is 5.75 Å². The SMILES string of the molecule is COc1ccc(N2C(=O)N(c3ccccc3C)[C@@H]3CS(=O)(=O)C[C@@H]32)cc1. The molecule has 2 aliphatic heterocycles. The van der Waals surface area contributed by atoms with Crippen LogP contribution in [0, 0.1) is 6.92 Å². The van der Waals surface area contributed by atoms with E-state index in [0.717, 1.165) is 11.3 Å². The van der Waals surface area contributed by atoms with Crippen LogP contribution in [0.2, 0.25) is 0 Å². The van der Waals surface area contributed by atoms with Crippen LogP contribution in [0.4, 0.5) is 16.2 Å². The number of methoxy groups -OCH3 is 1. The zero-order valence-corrected chi connectivity index (χ0v) is 15.4. The van der Waals surface area contributed by atoms with Crippen LogP contribution >= 0.6 is 0 Å². The maximum absolute atomic E-state index is 13.3. The summed E-state index contributed by atoms with van der Waals surface area (Å²) in [5.41, 5.74) is 2.39. The number of anilines is 2. The number of urea groups is 1. The molecular formula is C19H20N2O4S. The molecule has 2 saturated heterocycles. The van der Waals surface area contributed by atoms with Gasteiger partial charge in [-0.15, -0.1) is 0 Å². The molecule has 2 heterocycles. The van der Waals surface area contributed by atoms with Crippen molar-refractivity contribution in [2.45, 2.75) is 19.0 Å². The van der Waals surface area contributed by atoms with Crippen LogP contribution in [0.1, 0.15) is 5.56 Å². The fourth-order valence-electron chi connectivity index (χ4n) is 3.86. The standard InChI is InChI=1S/C19H20N2O4S/c1-13-5-3-4-6-16(13)21-18-12-26(23,24)11-17(18)20(19(21)22)14-7-9-15(25-2)10-8-14/h3-10,17-18H,11-12H2,1-2H3/t17-,18+/m0/s1. The van der Waals surface area contributed by atoms with Gasteiger partial charge in [0.15, 0.2) is 9.84 Å². The van der Waals surface area contributed by atoms with Crippen LogP contribution < -0.4 is 14.5 Å². The van der Waals surface area contributed by atoms with Gasteiger partial charge in [0.25, 0.3) is 0 Å². The number of hydrogen-bond acceptors (Lipinski definition) is 4. The topological polar surface area (TPSA) is 66.9 Å². The summed E-state index contributed by atoms with van der Waals surface area (Å²) >= 11 is 0. The fraction of sp³-hybridized carbons (Fsp3) is 0.316. The lowest BCUT2D eigenvalue weighted by Crippen LogP contribution is -2.38. The molecule has 2 aliphatic rings. The van der Waals surface area contributed by atoms with E-state index in [0.29, 0.717) is 11.4 Å². The summed E-state index contributed by atoms with van der Waals surface area (Å²) in [6.07, 6.45) is 0. The number of hydrogen-bond donors (Lipinski definition) is 0. The van der Waals surface area contributed by atoms with Crippen LogP contribution in [0.5, 0.6) is 5.75 Å². The first kappa shape index (κ1) is 16.9. The summed E-state index contributed by atoms with van der Waals surface area (Å²) in [5.74, 6) is 0.661. The minimum Gasteiger partial charge on any atom is -0.497 e. The first-order valence-corrected chi connectivity index (χ1v) is 10.3. The van der Waals surface area contributed by atoms with Crippen LogP contribution in [-0.2, 0) is 9.84 Å². The number of rotatable bonds is 3. The molecule has 7 heteroatoms. The van der Waals surface area contributed by atoms with Crippen molar-refractivity contribution in [1.29, 1.82) is 0 Å². The predicted octanol–water partition coefficient (Wildman–Crippen LogP) is 2.62. The molecule has 6 nitrogen and oxygen atoms in total. The Kier molecular flexibility index (Phi) is 3.91. The van der Waals surface area contributed by atoms with Crippen molar-refractivity contribution in [2.24, 2.45) is 0 Å². The molecule has 0 spiro atoms. The van der Waals surface area contributed by atoms with Gasteiger partial charge in [-0.1, -0.05) is 18.2 Å². The Balaban J connectivity index is 1.80. The van der Waals surface area contributed by atoms with Crippen LogP contribution in [0.15, 0.2) is 48.5 Å². The van der Waals surface area contributed by atoms with Crippen molar-refractivity contribution in [1.82, 2.24) is 0 Å². The summed E-state index contributed by atoms with van der Waals surface area (Å²) in [6.45, 7) is 1.93. The minimum atomic E-state index is -3.20. The number of aryl methyl sites for hydroxylation is 1. The lowest BCUT2D eigenvalue weighted by atomic mass is 10.1. The van der Waals surface area contributed by atoms with E-state index in [1.165, 1.54) is 0 Å². The van der Waals surface area contributed by atoms with E-state index < -0.39 is 9.84 Å². The molecule has 2 fully saturated rings. The van der Waals surface area contributed by atoms with E-state index in [-0.39, 0.29) is 29.6 Å². The van der Waals surface area contributed by atoms with E-state index >= 15 is 0 Å². The van der Waals surface area contributed by atoms with Crippen molar-refractivity contribution in [2.75, 3.05) is 28.4 Å². The second kappa shape index (κ2) is 6.02. The van der Waals surface area contributed by atoms with Gasteiger partial charge in [-0.3, -0.25) is 9.80 Å². The highest BCUT2D eigenvalue weighted by molar-refractivity contribution is 7.91. The number of para-hydroxylation sites is 1. The summed E-state index contributed by atoms with van der Waals surface area (Å²) in [6, 6.07) is 13.7. The first-order valence-electron chi connectivity index (χ1n) is 8.44. The Morgan fingerprint density at radius 2 is 1.58 bits per heavy atom. The van der Waals surface area contributed by atoms with Gasteiger partial charge in [-0.2, -0.15) is 0 Å². The highest BCUT2D eigenvalue weighted by Crippen LogP contribution is 2.39. The molecule has 0 aliphatic carbocycles. The molecule has 0 aromatic heterocycles. The molecule has 0 radical (unpaired) electrons. The zero-order chi connectivity index (χ0) is 18.5. The maximum atomic E-state index is 13.3. The molecular weight excluding hydrogens is 352 g/mol. The van der Waals surface area contributed by atoms with Gasteiger partial charge in [-0.05, 0) is 42.8 Å². The van der Waals surface area contributed by atoms with E-state index in [1.54, 1.807) is 41.2 Å². The van der Waals surface area contributed by atoms with Crippen LogP contribution in [0.3, 0.4) is 0 Å². The Morgan fingerprint density at radius 1 is 0.962 bits per heavy atom. The van der Waals surface area contributed by atoms with Gasteiger partial charge < -0.3 is 4.74 Å². The molecule has 4 rings (SSSR count). The third-order valence-electron chi connectivity index (χ3n) is 5.09. The first-order chi connectivity index (χ1) is 12.4. The number of fused-ring (bicyclic) bond motifs is 1. The zero-order valence-electron chi connectivity index (χ0n) is 14.6. The average molecular weight is 372 g/mol. The Morgan fingerprint density at radius 3 is 2.19 bits per heavy atom. The van der Waals surface area contributed by atoms with Crippen LogP contribution in [-0.4, -0.2) is 45.1 Å². The van der Waals surface area contributed by atoms with E-state index in [9.17, 15) is 13.2 Å². The Hall–Kier alpha value is -2.54. The number of benzene rings is 2. The van der Waals surface area contributed by atoms with Crippen molar-refractivity contribution in [3.63, 3.8) is 0 Å². The number of amides is 2. The average Bonchev–Trinajstić information content (AvgIpc) is 3.05. The summed E-state index contributed by atoms with van der Waals surface area (Å²) in [7, 11) is -1.62. The number of ether oxygens (including phenoxy) is 1. The molecule has 0 unspecified atom stereocenters. The second-order valence-corrected chi connectivity index (χ2v) is 8.87. The lowest BCUT2D eigenvalue weighted by molar-refractivity contribution is 0.255. The maximum Gasteiger partial charge on any atom is 0.329 e. The summed E-state index contributed by atoms with van der Waals surface area (Å²) in [5, 5.41) is 0. The number of nitrogens with zero attached hydrogens (tertiary/aromatic N) is 2. The third-order valence-corrected chi connectivity index (χ3v) is 6.79. The molecule has 2 aromatic rings. The molecule has 2 atom stereocenters. The van der Waals surface area contributed by atoms with Gasteiger partial charge in [0, 0.05) is 11.4 Å². The lowest BCUT2D eigenvalue weighted by Gasteiger charge is -2.24. The molecule has 0 saturated carbocycles. The minimum absolute atomic E-state index is 0.00953. The van der Waals surface area contributed by atoms with Gasteiger partial charge >= 0.3 is 6.03 Å². The van der Waals surface area contributed by atoms with Crippen molar-refractivity contribution >= 4 is 27.2 Å². The monoisotopic (exact) mass is 372 g/mol. The van der Waals surface area contributed by atoms with Crippen LogP contribution in [0.25, 0.3) is 0 Å². The van der Waals surface area contributed by atoms with Gasteiger partial charge in [0.1, 0.15) is 5.75 Å². The number of carbonyl (C=O) groups excluding carboxylic acids is 1. The van der Waals surface area contributed by atoms with Crippen molar-refractivity contribution < 1.29 is 17.9 Å². The normalized spacial score (nSPS) is 24.0. The largest absolute Gasteiger partial charge is 0.497 e. The van der Waals surface area contributed by atoms with E-state index in [1.807, 2.05) is 31.2 Å². The molecule has 26 heavy (non-hydrogen) atoms. The second-order valence-electron chi connectivity index (χ2n) is 6.72. The Labute approximate surface area is 152 Å². The molecule has 2 amide bonds. The number of sulfone groups is 1.